The summed E-state index contributed by atoms with van der Waals surface area (Å²) in [6.07, 6.45) is 1.70. The summed E-state index contributed by atoms with van der Waals surface area (Å²) in [7, 11) is -4.29. The molecule has 0 aliphatic heterocycles. The normalized spacial score (nSPS) is 11.6. The van der Waals surface area contributed by atoms with E-state index in [0.29, 0.717) is 18.0 Å². The highest BCUT2D eigenvalue weighted by Crippen LogP contribution is 2.34. The van der Waals surface area contributed by atoms with Gasteiger partial charge in [0, 0.05) is 11.8 Å². The van der Waals surface area contributed by atoms with E-state index < -0.39 is 7.60 Å². The minimum absolute atomic E-state index is 0.0237. The van der Waals surface area contributed by atoms with E-state index in [9.17, 15) is 19.5 Å². The third kappa shape index (κ3) is 5.96. The lowest BCUT2D eigenvalue weighted by Gasteiger charge is -2.12. The molecule has 0 heterocycles. The molecular weight excluding hydrogens is 437 g/mol. The van der Waals surface area contributed by atoms with Gasteiger partial charge in [-0.05, 0) is 65.2 Å². The van der Waals surface area contributed by atoms with E-state index >= 15 is 0 Å². The molecule has 166 valence electrons. The van der Waals surface area contributed by atoms with Crippen molar-refractivity contribution in [3.05, 3.63) is 108 Å². The van der Waals surface area contributed by atoms with Gasteiger partial charge in [0.2, 0.25) is 0 Å². The van der Waals surface area contributed by atoms with Gasteiger partial charge in [0.1, 0.15) is 18.1 Å². The largest absolute Gasteiger partial charge is 0.508 e. The number of hydrogen-bond donors (Lipinski definition) is 3. The molecule has 6 nitrogen and oxygen atoms in total. The fourth-order valence-corrected chi connectivity index (χ4v) is 3.75. The second-order valence-electron chi connectivity index (χ2n) is 7.39. The highest BCUT2D eigenvalue weighted by Gasteiger charge is 2.16. The predicted octanol–water partition coefficient (Wildman–Crippen LogP) is 5.19. The van der Waals surface area contributed by atoms with Crippen LogP contribution in [0.25, 0.3) is 11.1 Å². The summed E-state index contributed by atoms with van der Waals surface area (Å²) in [4.78, 5) is 23.2. The number of benzene rings is 4. The molecule has 33 heavy (non-hydrogen) atoms. The van der Waals surface area contributed by atoms with Gasteiger partial charge < -0.3 is 19.6 Å². The van der Waals surface area contributed by atoms with Gasteiger partial charge in [0.15, 0.2) is 0 Å². The van der Waals surface area contributed by atoms with Crippen LogP contribution in [0.4, 0.5) is 5.69 Å². The molecule has 0 saturated carbocycles. The van der Waals surface area contributed by atoms with Crippen LogP contribution >= 0.6 is 7.60 Å². The average Bonchev–Trinajstić information content (AvgIpc) is 2.83. The van der Waals surface area contributed by atoms with Gasteiger partial charge >= 0.3 is 7.60 Å². The van der Waals surface area contributed by atoms with Crippen molar-refractivity contribution in [2.45, 2.75) is 6.61 Å². The van der Waals surface area contributed by atoms with Crippen LogP contribution in [0, 0.1) is 0 Å². The SMILES string of the molecule is O=P(O)(O)c1ccc(-c2ccc(C=Nc3ccc(O)cc3)c(OCc3ccccc3)c2)cc1. The van der Waals surface area contributed by atoms with Crippen LogP contribution in [0.15, 0.2) is 102 Å². The number of phenolic OH excluding ortho intramolecular Hbond substituents is 1. The lowest BCUT2D eigenvalue weighted by atomic mass is 10.0. The smallest absolute Gasteiger partial charge is 0.356 e. The molecule has 0 aromatic heterocycles. The second kappa shape index (κ2) is 9.84. The van der Waals surface area contributed by atoms with Gasteiger partial charge in [0.05, 0.1) is 11.0 Å². The highest BCUT2D eigenvalue weighted by molar-refractivity contribution is 7.60. The summed E-state index contributed by atoms with van der Waals surface area (Å²) >= 11 is 0. The Bertz CT molecular complexity index is 1300. The van der Waals surface area contributed by atoms with Crippen molar-refractivity contribution in [2.24, 2.45) is 4.99 Å². The monoisotopic (exact) mass is 459 g/mol. The first-order chi connectivity index (χ1) is 15.9. The van der Waals surface area contributed by atoms with Gasteiger partial charge in [-0.2, -0.15) is 0 Å². The van der Waals surface area contributed by atoms with E-state index in [2.05, 4.69) is 4.99 Å². The number of aromatic hydroxyl groups is 1. The molecule has 4 aromatic rings. The highest BCUT2D eigenvalue weighted by atomic mass is 31.2. The van der Waals surface area contributed by atoms with Crippen LogP contribution in [0.2, 0.25) is 0 Å². The summed E-state index contributed by atoms with van der Waals surface area (Å²) < 4.78 is 17.6. The van der Waals surface area contributed by atoms with Crippen LogP contribution in [-0.2, 0) is 11.2 Å². The number of aliphatic imine (C=N–C) groups is 1. The molecule has 0 amide bonds. The Balaban J connectivity index is 1.65. The lowest BCUT2D eigenvalue weighted by Crippen LogP contribution is -2.02. The fourth-order valence-electron chi connectivity index (χ4n) is 3.21. The Morgan fingerprint density at radius 2 is 1.48 bits per heavy atom. The van der Waals surface area contributed by atoms with E-state index in [1.807, 2.05) is 48.5 Å². The Morgan fingerprint density at radius 1 is 0.818 bits per heavy atom. The van der Waals surface area contributed by atoms with Crippen molar-refractivity contribution in [3.8, 4) is 22.6 Å². The minimum Gasteiger partial charge on any atom is -0.508 e. The maximum absolute atomic E-state index is 11.5. The molecular formula is C26H22NO5P. The van der Waals surface area contributed by atoms with Crippen LogP contribution in [-0.4, -0.2) is 21.1 Å². The first-order valence-corrected chi connectivity index (χ1v) is 11.8. The molecule has 7 heteroatoms. The summed E-state index contributed by atoms with van der Waals surface area (Å²) in [5, 5.41) is 9.43. The maximum atomic E-state index is 11.5. The number of nitrogens with zero attached hydrogens (tertiary/aromatic N) is 1. The predicted molar refractivity (Wildman–Crippen MR) is 130 cm³/mol. The summed E-state index contributed by atoms with van der Waals surface area (Å²) in [6, 6.07) is 28.3. The van der Waals surface area contributed by atoms with Gasteiger partial charge in [-0.15, -0.1) is 0 Å². The zero-order valence-electron chi connectivity index (χ0n) is 17.6. The van der Waals surface area contributed by atoms with Crippen molar-refractivity contribution in [3.63, 3.8) is 0 Å². The van der Waals surface area contributed by atoms with Crippen molar-refractivity contribution in [2.75, 3.05) is 0 Å². The summed E-state index contributed by atoms with van der Waals surface area (Å²) in [5.41, 5.74) is 4.14. The molecule has 0 saturated heterocycles. The standard InChI is InChI=1S/C26H22NO5P/c28-24-12-10-23(11-13-24)27-17-22-7-6-21(20-8-14-25(15-9-20)33(29,30)31)16-26(22)32-18-19-4-2-1-3-5-19/h1-17,28H,18H2,(H2,29,30,31). The third-order valence-corrected chi connectivity index (χ3v) is 5.96. The molecule has 0 aliphatic rings. The topological polar surface area (TPSA) is 99.4 Å². The van der Waals surface area contributed by atoms with Crippen LogP contribution in [0.3, 0.4) is 0 Å². The first-order valence-electron chi connectivity index (χ1n) is 10.2. The summed E-state index contributed by atoms with van der Waals surface area (Å²) in [5.74, 6) is 0.799. The molecule has 0 atom stereocenters. The molecule has 0 aliphatic carbocycles. The van der Waals surface area contributed by atoms with E-state index in [-0.39, 0.29) is 11.1 Å². The number of rotatable bonds is 7. The van der Waals surface area contributed by atoms with Crippen molar-refractivity contribution in [1.82, 2.24) is 0 Å². The Kier molecular flexibility index (Phi) is 6.71. The van der Waals surface area contributed by atoms with Crippen molar-refractivity contribution < 1.29 is 24.2 Å². The van der Waals surface area contributed by atoms with Gasteiger partial charge in [-0.3, -0.25) is 9.56 Å². The molecule has 0 radical (unpaired) electrons. The zero-order valence-corrected chi connectivity index (χ0v) is 18.5. The maximum Gasteiger partial charge on any atom is 0.356 e. The molecule has 4 rings (SSSR count). The second-order valence-corrected chi connectivity index (χ2v) is 9.00. The summed E-state index contributed by atoms with van der Waals surface area (Å²) in [6.45, 7) is 0.376. The minimum atomic E-state index is -4.29. The molecule has 0 spiro atoms. The van der Waals surface area contributed by atoms with Crippen LogP contribution in [0.5, 0.6) is 11.5 Å². The zero-order chi connectivity index (χ0) is 23.3. The Labute approximate surface area is 191 Å². The third-order valence-electron chi connectivity index (χ3n) is 4.99. The Morgan fingerprint density at radius 3 is 2.15 bits per heavy atom. The number of hydrogen-bond acceptors (Lipinski definition) is 4. The van der Waals surface area contributed by atoms with Crippen LogP contribution < -0.4 is 10.0 Å². The van der Waals surface area contributed by atoms with E-state index in [0.717, 1.165) is 22.3 Å². The van der Waals surface area contributed by atoms with Gasteiger partial charge in [0.25, 0.3) is 0 Å². The van der Waals surface area contributed by atoms with Gasteiger partial charge in [-0.25, -0.2) is 0 Å². The van der Waals surface area contributed by atoms with E-state index in [1.54, 1.807) is 42.6 Å². The Hall–Kier alpha value is -3.70. The molecule has 0 fully saturated rings. The quantitative estimate of drug-likeness (QED) is 0.261. The fraction of sp³-hybridized carbons (Fsp3) is 0.0385. The molecule has 0 bridgehead atoms. The number of phenols is 1. The van der Waals surface area contributed by atoms with Crippen molar-refractivity contribution in [1.29, 1.82) is 0 Å². The average molecular weight is 459 g/mol. The molecule has 4 aromatic carbocycles. The number of ether oxygens (including phenoxy) is 1. The van der Waals surface area contributed by atoms with E-state index in [4.69, 9.17) is 4.74 Å². The van der Waals surface area contributed by atoms with Crippen LogP contribution in [0.1, 0.15) is 11.1 Å². The first kappa shape index (κ1) is 22.5. The van der Waals surface area contributed by atoms with E-state index in [1.165, 1.54) is 12.1 Å². The molecule has 3 N–H and O–H groups in total. The lowest BCUT2D eigenvalue weighted by molar-refractivity contribution is 0.306. The molecule has 0 unspecified atom stereocenters. The van der Waals surface area contributed by atoms with Gasteiger partial charge in [-0.1, -0.05) is 48.5 Å². The van der Waals surface area contributed by atoms with Crippen molar-refractivity contribution >= 4 is 24.8 Å².